The minimum atomic E-state index is -5.00. The van der Waals surface area contributed by atoms with Crippen LogP contribution in [-0.4, -0.2) is 77.7 Å². The zero-order valence-corrected chi connectivity index (χ0v) is 29.7. The highest BCUT2D eigenvalue weighted by atomic mass is 32.1. The zero-order chi connectivity index (χ0) is 37.7. The van der Waals surface area contributed by atoms with E-state index in [-0.39, 0.29) is 55.9 Å². The van der Waals surface area contributed by atoms with Crippen LogP contribution in [0.2, 0.25) is 0 Å². The normalized spacial score (nSPS) is 18.6. The Bertz CT molecular complexity index is 1990. The van der Waals surface area contributed by atoms with Crippen LogP contribution in [0.3, 0.4) is 0 Å². The highest BCUT2D eigenvalue weighted by molar-refractivity contribution is 7.23. The van der Waals surface area contributed by atoms with Gasteiger partial charge < -0.3 is 20.7 Å². The van der Waals surface area contributed by atoms with Gasteiger partial charge in [0.05, 0.1) is 22.9 Å². The molecular weight excluding hydrogens is 708 g/mol. The lowest BCUT2D eigenvalue weighted by molar-refractivity contribution is -0.137. The molecule has 3 aliphatic rings. The average molecular weight is 748 g/mol. The summed E-state index contributed by atoms with van der Waals surface area (Å²) in [7, 11) is 1.23. The summed E-state index contributed by atoms with van der Waals surface area (Å²) in [5.74, 6) is -1.99. The van der Waals surface area contributed by atoms with Crippen LogP contribution >= 0.6 is 11.3 Å². The number of halogens is 6. The number of aromatic nitrogens is 2. The molecule has 0 radical (unpaired) electrons. The van der Waals surface area contributed by atoms with E-state index in [1.807, 2.05) is 11.8 Å². The lowest BCUT2D eigenvalue weighted by Crippen LogP contribution is -2.25. The topological polar surface area (TPSA) is 120 Å². The number of methoxy groups -OCH3 is 1. The number of nitrogen functional groups attached to an aromatic ring is 1. The van der Waals surface area contributed by atoms with Gasteiger partial charge in [0.25, 0.3) is 0 Å². The molecule has 7 rings (SSSR count). The quantitative estimate of drug-likeness (QED) is 0.155. The van der Waals surface area contributed by atoms with Crippen LogP contribution in [0, 0.1) is 23.0 Å². The molecule has 9 nitrogen and oxygen atoms in total. The van der Waals surface area contributed by atoms with Gasteiger partial charge in [-0.15, -0.1) is 11.3 Å². The van der Waals surface area contributed by atoms with Crippen LogP contribution in [0.1, 0.15) is 57.1 Å². The van der Waals surface area contributed by atoms with Gasteiger partial charge in [-0.1, -0.05) is 12.1 Å². The Morgan fingerprint density at radius 2 is 1.92 bits per heavy atom. The number of hydrogen-bond acceptors (Lipinski definition) is 9. The number of nitriles is 1. The van der Waals surface area contributed by atoms with E-state index in [0.717, 1.165) is 44.3 Å². The lowest BCUT2D eigenvalue weighted by Gasteiger charge is -2.18. The van der Waals surface area contributed by atoms with Crippen molar-refractivity contribution in [2.24, 2.45) is 0 Å². The smallest absolute Gasteiger partial charge is 0.417 e. The summed E-state index contributed by atoms with van der Waals surface area (Å²) >= 11 is 0.698. The number of hydrogen-bond donors (Lipinski definition) is 2. The summed E-state index contributed by atoms with van der Waals surface area (Å²) in [4.78, 5) is 23.2. The van der Waals surface area contributed by atoms with Crippen molar-refractivity contribution in [2.45, 2.75) is 64.3 Å². The molecule has 5 heterocycles. The molecule has 278 valence electrons. The van der Waals surface area contributed by atoms with Gasteiger partial charge in [-0.25, -0.2) is 13.2 Å². The average Bonchev–Trinajstić information content (AvgIpc) is 3.91. The van der Waals surface area contributed by atoms with Crippen LogP contribution in [-0.2, 0) is 11.0 Å². The first kappa shape index (κ1) is 38.6. The van der Waals surface area contributed by atoms with Gasteiger partial charge in [-0.3, -0.25) is 9.69 Å². The van der Waals surface area contributed by atoms with E-state index < -0.39 is 40.6 Å². The number of nitrogens with two attached hydrogens (primary N) is 1. The van der Waals surface area contributed by atoms with Gasteiger partial charge in [-0.2, -0.15) is 28.4 Å². The Labute approximate surface area is 301 Å². The third-order valence-corrected chi connectivity index (χ3v) is 10.2. The molecule has 16 heteroatoms. The van der Waals surface area contributed by atoms with Crippen molar-refractivity contribution >= 4 is 49.1 Å². The van der Waals surface area contributed by atoms with E-state index in [1.54, 1.807) is 25.1 Å². The van der Waals surface area contributed by atoms with Crippen molar-refractivity contribution in [1.82, 2.24) is 19.8 Å². The maximum absolute atomic E-state index is 15.9. The molecule has 2 unspecified atom stereocenters. The van der Waals surface area contributed by atoms with Crippen LogP contribution in [0.4, 0.5) is 37.2 Å². The molecule has 3 N–H and O–H groups in total. The fraction of sp³-hybridized carbons (Fsp3) is 0.444. The first-order valence-corrected chi connectivity index (χ1v) is 17.7. The Kier molecular flexibility index (Phi) is 12.2. The molecule has 4 aromatic rings. The van der Waals surface area contributed by atoms with E-state index in [1.165, 1.54) is 32.8 Å². The molecule has 2 atom stereocenters. The summed E-state index contributed by atoms with van der Waals surface area (Å²) in [5, 5.41) is 11.8. The Morgan fingerprint density at radius 1 is 1.19 bits per heavy atom. The number of allylic oxidation sites excluding steroid dienone is 1. The minimum absolute atomic E-state index is 0.0444. The molecule has 2 aromatic carbocycles. The highest BCUT2D eigenvalue weighted by Crippen LogP contribution is 2.47. The summed E-state index contributed by atoms with van der Waals surface area (Å²) in [6.45, 7) is 7.60. The van der Waals surface area contributed by atoms with E-state index >= 15 is 4.39 Å². The second kappa shape index (κ2) is 16.4. The number of nitrogens with one attached hydrogen (secondary N) is 1. The van der Waals surface area contributed by atoms with Gasteiger partial charge in [0.15, 0.2) is 5.82 Å². The summed E-state index contributed by atoms with van der Waals surface area (Å²) in [6, 6.07) is 4.75. The predicted octanol–water partition coefficient (Wildman–Crippen LogP) is 8.08. The standard InChI is InChI=1S/C21H14F5N5OS.C8H13NO.C7H12FN/c1-3-29-19-9-6-11(21(24,25)26)14(15(23)16(9)30-20(31-19)32-2)8-4-5-12(22)17-13(8)10(7-27)18(28)33-17;1-2-5-8(10)9-6-3-4-7-9;8-6-4-7-2-1-3-9(7)5-6/h4-6H,3,28H2,1-2H3,(H,29,30,31);2,5H,3-4,6-7H2,1H3;6-7H,1-5H2/b;5-2-;. The van der Waals surface area contributed by atoms with Gasteiger partial charge in [-0.05, 0) is 76.3 Å². The van der Waals surface area contributed by atoms with Gasteiger partial charge in [0.2, 0.25) is 5.91 Å². The first-order valence-electron chi connectivity index (χ1n) is 16.9. The number of fused-ring (bicyclic) bond motifs is 3. The number of thiophene rings is 1. The van der Waals surface area contributed by atoms with Crippen LogP contribution in [0.5, 0.6) is 6.01 Å². The van der Waals surface area contributed by atoms with E-state index in [4.69, 9.17) is 10.5 Å². The highest BCUT2D eigenvalue weighted by Gasteiger charge is 2.38. The number of likely N-dealkylation sites (tertiary alicyclic amines) is 1. The fourth-order valence-corrected chi connectivity index (χ4v) is 7.76. The maximum Gasteiger partial charge on any atom is 0.417 e. The number of carbonyl (C=O) groups excluding carboxylic acids is 1. The molecule has 0 spiro atoms. The van der Waals surface area contributed by atoms with E-state index in [0.29, 0.717) is 23.9 Å². The number of nitrogens with zero attached hydrogens (tertiary/aromatic N) is 5. The number of rotatable bonds is 5. The zero-order valence-electron chi connectivity index (χ0n) is 28.9. The number of anilines is 2. The minimum Gasteiger partial charge on any atom is -0.467 e. The number of carbonyl (C=O) groups is 1. The molecule has 0 aliphatic carbocycles. The molecule has 3 fully saturated rings. The lowest BCUT2D eigenvalue weighted by atomic mass is 9.92. The second-order valence-electron chi connectivity index (χ2n) is 12.5. The largest absolute Gasteiger partial charge is 0.467 e. The molecule has 2 aromatic heterocycles. The SMILES string of the molecule is C/C=C\C(=O)N1CCCC1.CCNc1nc(OC)nc2c(F)c(-c3ccc(F)c4sc(N)c(C#N)c34)c(C(F)(F)F)cc12.FC1CC2CCCN2C1. The first-order chi connectivity index (χ1) is 24.8. The van der Waals surface area contributed by atoms with Crippen molar-refractivity contribution in [1.29, 1.82) is 5.26 Å². The number of ether oxygens (including phenoxy) is 1. The summed E-state index contributed by atoms with van der Waals surface area (Å²) < 4.78 is 90.2. The summed E-state index contributed by atoms with van der Waals surface area (Å²) in [6.07, 6.45) is 3.58. The fourth-order valence-electron chi connectivity index (χ4n) is 6.81. The van der Waals surface area contributed by atoms with Gasteiger partial charge in [0, 0.05) is 48.6 Å². The van der Waals surface area contributed by atoms with Crippen LogP contribution in [0.15, 0.2) is 30.4 Å². The van der Waals surface area contributed by atoms with Crippen molar-refractivity contribution < 1.29 is 35.9 Å². The number of alkyl halides is 4. The Balaban J connectivity index is 0.000000221. The monoisotopic (exact) mass is 747 g/mol. The van der Waals surface area contributed by atoms with Crippen LogP contribution < -0.4 is 15.8 Å². The number of benzene rings is 2. The number of amides is 1. The Hall–Kier alpha value is -4.62. The predicted molar refractivity (Wildman–Crippen MR) is 190 cm³/mol. The third-order valence-electron chi connectivity index (χ3n) is 9.13. The molecule has 52 heavy (non-hydrogen) atoms. The Morgan fingerprint density at radius 3 is 2.54 bits per heavy atom. The van der Waals surface area contributed by atoms with Crippen molar-refractivity contribution in [3.63, 3.8) is 0 Å². The molecule has 3 aliphatic heterocycles. The second-order valence-corrected chi connectivity index (χ2v) is 13.6. The van der Waals surface area contributed by atoms with Gasteiger partial charge in [0.1, 0.15) is 34.4 Å². The maximum atomic E-state index is 15.9. The van der Waals surface area contributed by atoms with Crippen molar-refractivity contribution in [3.8, 4) is 23.2 Å². The summed E-state index contributed by atoms with van der Waals surface area (Å²) in [5.41, 5.74) is 2.59. The molecule has 0 bridgehead atoms. The molecule has 0 saturated carbocycles. The van der Waals surface area contributed by atoms with E-state index in [9.17, 15) is 32.0 Å². The van der Waals surface area contributed by atoms with Crippen molar-refractivity contribution in [2.75, 3.05) is 50.9 Å². The molecule has 3 saturated heterocycles. The van der Waals surface area contributed by atoms with Crippen LogP contribution in [0.25, 0.3) is 32.1 Å². The van der Waals surface area contributed by atoms with Crippen molar-refractivity contribution in [3.05, 3.63) is 53.1 Å². The molecule has 1 amide bonds. The van der Waals surface area contributed by atoms with E-state index in [2.05, 4.69) is 20.2 Å². The van der Waals surface area contributed by atoms with Gasteiger partial charge >= 0.3 is 12.2 Å². The molecular formula is C36H39F6N7O2S. The third kappa shape index (κ3) is 8.05.